The van der Waals surface area contributed by atoms with Crippen LogP contribution in [0.5, 0.6) is 0 Å². The van der Waals surface area contributed by atoms with Crippen LogP contribution in [0.1, 0.15) is 45.2 Å². The first-order valence-corrected chi connectivity index (χ1v) is 8.60. The van der Waals surface area contributed by atoms with Crippen molar-refractivity contribution in [2.75, 3.05) is 19.0 Å². The molecular weight excluding hydrogens is 314 g/mol. The quantitative estimate of drug-likeness (QED) is 0.617. The summed E-state index contributed by atoms with van der Waals surface area (Å²) < 4.78 is 5.37. The predicted octanol–water partition coefficient (Wildman–Crippen LogP) is 3.67. The second-order valence-electron chi connectivity index (χ2n) is 6.69. The van der Waals surface area contributed by atoms with Crippen molar-refractivity contribution in [3.8, 4) is 0 Å². The van der Waals surface area contributed by atoms with Crippen molar-refractivity contribution in [3.05, 3.63) is 64.7 Å². The van der Waals surface area contributed by atoms with E-state index in [1.807, 2.05) is 49.3 Å². The lowest BCUT2D eigenvalue weighted by Crippen LogP contribution is -2.24. The number of ketones is 1. The number of hydrogen-bond acceptors (Lipinski definition) is 4. The summed E-state index contributed by atoms with van der Waals surface area (Å²) >= 11 is 0. The minimum Gasteiger partial charge on any atom is -0.451 e. The molecule has 2 aromatic rings. The molecule has 0 spiro atoms. The minimum atomic E-state index is -0.805. The van der Waals surface area contributed by atoms with Crippen LogP contribution in [0.4, 0.5) is 5.69 Å². The van der Waals surface area contributed by atoms with Gasteiger partial charge in [0.25, 0.3) is 0 Å². The Labute approximate surface area is 148 Å². The van der Waals surface area contributed by atoms with Gasteiger partial charge in [0, 0.05) is 25.3 Å². The zero-order valence-electron chi connectivity index (χ0n) is 14.9. The molecule has 0 N–H and O–H groups in total. The molecule has 2 aromatic carbocycles. The molecule has 0 radical (unpaired) electrons. The van der Waals surface area contributed by atoms with E-state index in [1.54, 1.807) is 19.1 Å². The van der Waals surface area contributed by atoms with Crippen molar-refractivity contribution >= 4 is 17.4 Å². The van der Waals surface area contributed by atoms with Crippen molar-refractivity contribution in [2.24, 2.45) is 0 Å². The van der Waals surface area contributed by atoms with Crippen LogP contribution in [0.25, 0.3) is 0 Å². The van der Waals surface area contributed by atoms with Gasteiger partial charge in [-0.25, -0.2) is 4.79 Å². The van der Waals surface area contributed by atoms with E-state index in [0.29, 0.717) is 11.1 Å². The highest BCUT2D eigenvalue weighted by molar-refractivity contribution is 6.01. The molecule has 0 aliphatic heterocycles. The van der Waals surface area contributed by atoms with Crippen LogP contribution in [0.2, 0.25) is 0 Å². The number of anilines is 1. The van der Waals surface area contributed by atoms with Crippen LogP contribution in [0.15, 0.2) is 42.5 Å². The Morgan fingerprint density at radius 1 is 0.960 bits per heavy atom. The maximum Gasteiger partial charge on any atom is 0.338 e. The molecule has 0 aromatic heterocycles. The molecule has 130 valence electrons. The number of carbonyl (C=O) groups excluding carboxylic acids is 2. The summed E-state index contributed by atoms with van der Waals surface area (Å²) in [5.41, 5.74) is 4.62. The third-order valence-electron chi connectivity index (χ3n) is 4.66. The van der Waals surface area contributed by atoms with Crippen LogP contribution >= 0.6 is 0 Å². The van der Waals surface area contributed by atoms with E-state index >= 15 is 0 Å². The number of benzene rings is 2. The van der Waals surface area contributed by atoms with Crippen molar-refractivity contribution in [2.45, 2.75) is 32.3 Å². The molecule has 1 aliphatic carbocycles. The third kappa shape index (κ3) is 3.73. The fraction of sp³-hybridized carbons (Fsp3) is 0.333. The van der Waals surface area contributed by atoms with E-state index in [9.17, 15) is 9.59 Å². The molecule has 1 aliphatic rings. The number of aryl methyl sites for hydroxylation is 2. The number of esters is 1. The molecule has 0 fully saturated rings. The largest absolute Gasteiger partial charge is 0.451 e. The molecule has 4 heteroatoms. The summed E-state index contributed by atoms with van der Waals surface area (Å²) in [4.78, 5) is 26.8. The van der Waals surface area contributed by atoms with E-state index in [1.165, 1.54) is 11.1 Å². The number of ether oxygens (including phenoxy) is 1. The number of carbonyl (C=O) groups is 2. The summed E-state index contributed by atoms with van der Waals surface area (Å²) in [7, 11) is 3.87. The normalized spacial score (nSPS) is 13.9. The lowest BCUT2D eigenvalue weighted by atomic mass is 10.0. The van der Waals surface area contributed by atoms with Gasteiger partial charge in [0.05, 0.1) is 5.56 Å². The fourth-order valence-electron chi connectivity index (χ4n) is 3.14. The van der Waals surface area contributed by atoms with Gasteiger partial charge in [-0.2, -0.15) is 0 Å². The summed E-state index contributed by atoms with van der Waals surface area (Å²) in [6.07, 6.45) is 2.43. The number of hydrogen-bond donors (Lipinski definition) is 0. The first kappa shape index (κ1) is 17.2. The zero-order chi connectivity index (χ0) is 18.0. The lowest BCUT2D eigenvalue weighted by molar-refractivity contribution is 0.0319. The van der Waals surface area contributed by atoms with Crippen LogP contribution in [0, 0.1) is 0 Å². The molecule has 0 saturated carbocycles. The van der Waals surface area contributed by atoms with Crippen LogP contribution < -0.4 is 4.90 Å². The SMILES string of the molecule is C[C@@H](OC(=O)c1ccc(N(C)C)cc1)C(=O)c1ccc2c(c1)CCC2. The standard InChI is InChI=1S/C21H23NO3/c1-14(20(23)18-8-7-15-5-4-6-17(15)13-18)25-21(24)16-9-11-19(12-10-16)22(2)3/h7-14H,4-6H2,1-3H3/t14-/m1/s1. The third-order valence-corrected chi connectivity index (χ3v) is 4.66. The molecule has 1 atom stereocenters. The summed E-state index contributed by atoms with van der Waals surface area (Å²) in [5, 5.41) is 0. The van der Waals surface area contributed by atoms with Gasteiger partial charge in [-0.1, -0.05) is 12.1 Å². The van der Waals surface area contributed by atoms with Gasteiger partial charge in [-0.05, 0) is 67.6 Å². The smallest absolute Gasteiger partial charge is 0.338 e. The number of fused-ring (bicyclic) bond motifs is 1. The number of nitrogens with zero attached hydrogens (tertiary/aromatic N) is 1. The summed E-state index contributed by atoms with van der Waals surface area (Å²) in [6.45, 7) is 1.63. The Hall–Kier alpha value is -2.62. The number of rotatable bonds is 5. The first-order valence-electron chi connectivity index (χ1n) is 8.60. The molecule has 3 rings (SSSR count). The predicted molar refractivity (Wildman–Crippen MR) is 98.4 cm³/mol. The Balaban J connectivity index is 1.67. The topological polar surface area (TPSA) is 46.6 Å². The molecule has 4 nitrogen and oxygen atoms in total. The van der Waals surface area contributed by atoms with Gasteiger partial charge < -0.3 is 9.64 Å². The van der Waals surface area contributed by atoms with Gasteiger partial charge >= 0.3 is 5.97 Å². The molecule has 0 bridgehead atoms. The summed E-state index contributed by atoms with van der Waals surface area (Å²) in [6, 6.07) is 12.9. The molecule has 0 amide bonds. The van der Waals surface area contributed by atoms with E-state index in [2.05, 4.69) is 0 Å². The van der Waals surface area contributed by atoms with Crippen molar-refractivity contribution in [1.82, 2.24) is 0 Å². The molecule has 0 heterocycles. The van der Waals surface area contributed by atoms with Crippen LogP contribution in [-0.2, 0) is 17.6 Å². The molecule has 0 saturated heterocycles. The van der Waals surface area contributed by atoms with Crippen molar-refractivity contribution in [3.63, 3.8) is 0 Å². The van der Waals surface area contributed by atoms with E-state index in [-0.39, 0.29) is 5.78 Å². The van der Waals surface area contributed by atoms with Gasteiger partial charge in [0.2, 0.25) is 5.78 Å². The fourth-order valence-corrected chi connectivity index (χ4v) is 3.14. The molecular formula is C21H23NO3. The van der Waals surface area contributed by atoms with Gasteiger partial charge in [0.1, 0.15) is 0 Å². The Morgan fingerprint density at radius 2 is 1.60 bits per heavy atom. The molecule has 25 heavy (non-hydrogen) atoms. The minimum absolute atomic E-state index is 0.159. The summed E-state index contributed by atoms with van der Waals surface area (Å²) in [5.74, 6) is -0.639. The van der Waals surface area contributed by atoms with Gasteiger partial charge in [-0.3, -0.25) is 4.79 Å². The number of Topliss-reactive ketones (excluding diaryl/α,β-unsaturated/α-hetero) is 1. The average molecular weight is 337 g/mol. The first-order chi connectivity index (χ1) is 12.0. The van der Waals surface area contributed by atoms with E-state index < -0.39 is 12.1 Å². The van der Waals surface area contributed by atoms with E-state index in [0.717, 1.165) is 24.9 Å². The highest BCUT2D eigenvalue weighted by Crippen LogP contribution is 2.24. The second-order valence-corrected chi connectivity index (χ2v) is 6.69. The molecule has 0 unspecified atom stereocenters. The van der Waals surface area contributed by atoms with Gasteiger partial charge in [-0.15, -0.1) is 0 Å². The Bertz CT molecular complexity index is 793. The highest BCUT2D eigenvalue weighted by Gasteiger charge is 2.22. The van der Waals surface area contributed by atoms with Crippen molar-refractivity contribution in [1.29, 1.82) is 0 Å². The zero-order valence-corrected chi connectivity index (χ0v) is 14.9. The second kappa shape index (κ2) is 7.09. The van der Waals surface area contributed by atoms with Crippen LogP contribution in [-0.4, -0.2) is 32.0 Å². The maximum atomic E-state index is 12.6. The van der Waals surface area contributed by atoms with Crippen molar-refractivity contribution < 1.29 is 14.3 Å². The highest BCUT2D eigenvalue weighted by atomic mass is 16.5. The monoisotopic (exact) mass is 337 g/mol. The van der Waals surface area contributed by atoms with Crippen LogP contribution in [0.3, 0.4) is 0 Å². The lowest BCUT2D eigenvalue weighted by Gasteiger charge is -2.15. The maximum absolute atomic E-state index is 12.6. The Morgan fingerprint density at radius 3 is 2.28 bits per heavy atom. The van der Waals surface area contributed by atoms with E-state index in [4.69, 9.17) is 4.74 Å². The average Bonchev–Trinajstić information content (AvgIpc) is 3.08. The Kier molecular flexibility index (Phi) is 4.88. The van der Waals surface area contributed by atoms with Gasteiger partial charge in [0.15, 0.2) is 6.10 Å².